The van der Waals surface area contributed by atoms with E-state index in [0.717, 1.165) is 31.2 Å². The molecule has 1 saturated carbocycles. The third-order valence-electron chi connectivity index (χ3n) is 5.97. The number of carbonyl (C=O) groups excluding carboxylic acids is 3. The SMILES string of the molecule is O=C(CCC(=O)N(CC(=O)NC1CCCCC1)Cc1ccc2c(c1)OCO2)Nc1ccccn1. The number of rotatable bonds is 9. The molecule has 0 unspecified atom stereocenters. The summed E-state index contributed by atoms with van der Waals surface area (Å²) in [5.74, 6) is 0.950. The highest BCUT2D eigenvalue weighted by Gasteiger charge is 2.23. The van der Waals surface area contributed by atoms with E-state index in [9.17, 15) is 14.4 Å². The van der Waals surface area contributed by atoms with Crippen LogP contribution in [0.15, 0.2) is 42.6 Å². The van der Waals surface area contributed by atoms with Gasteiger partial charge in [0.25, 0.3) is 0 Å². The number of fused-ring (bicyclic) bond motifs is 1. The Morgan fingerprint density at radius 3 is 2.59 bits per heavy atom. The average molecular weight is 467 g/mol. The standard InChI is InChI=1S/C25H30N4O5/c30-23(28-22-8-4-5-13-26-22)11-12-25(32)29(16-24(31)27-19-6-2-1-3-7-19)15-18-9-10-20-21(14-18)34-17-33-20/h4-5,8-10,13-14,19H,1-3,6-7,11-12,15-17H2,(H,27,31)(H,26,28,30). The Bertz CT molecular complexity index is 1010. The van der Waals surface area contributed by atoms with Gasteiger partial charge in [-0.25, -0.2) is 4.98 Å². The fraction of sp³-hybridized carbons (Fsp3) is 0.440. The first-order valence-corrected chi connectivity index (χ1v) is 11.7. The zero-order chi connectivity index (χ0) is 23.8. The Labute approximate surface area is 198 Å². The van der Waals surface area contributed by atoms with Crippen LogP contribution in [0.4, 0.5) is 5.82 Å². The lowest BCUT2D eigenvalue weighted by molar-refractivity contribution is -0.137. The predicted octanol–water partition coefficient (Wildman–Crippen LogP) is 3.01. The van der Waals surface area contributed by atoms with Gasteiger partial charge in [0.1, 0.15) is 5.82 Å². The molecule has 1 aliphatic heterocycles. The monoisotopic (exact) mass is 466 g/mol. The predicted molar refractivity (Wildman–Crippen MR) is 125 cm³/mol. The number of anilines is 1. The summed E-state index contributed by atoms with van der Waals surface area (Å²) in [6.45, 7) is 0.331. The van der Waals surface area contributed by atoms with Gasteiger partial charge in [-0.05, 0) is 42.7 Å². The van der Waals surface area contributed by atoms with Gasteiger partial charge >= 0.3 is 0 Å². The van der Waals surface area contributed by atoms with Crippen molar-refractivity contribution in [3.63, 3.8) is 0 Å². The first kappa shape index (κ1) is 23.5. The molecule has 1 aliphatic carbocycles. The zero-order valence-corrected chi connectivity index (χ0v) is 19.1. The smallest absolute Gasteiger partial charge is 0.239 e. The van der Waals surface area contributed by atoms with Crippen molar-refractivity contribution >= 4 is 23.5 Å². The number of nitrogens with zero attached hydrogens (tertiary/aromatic N) is 2. The van der Waals surface area contributed by atoms with Crippen LogP contribution in [0, 0.1) is 0 Å². The quantitative estimate of drug-likeness (QED) is 0.588. The molecular weight excluding hydrogens is 436 g/mol. The molecule has 0 atom stereocenters. The minimum absolute atomic E-state index is 0.00269. The summed E-state index contributed by atoms with van der Waals surface area (Å²) in [4.78, 5) is 43.6. The zero-order valence-electron chi connectivity index (χ0n) is 19.1. The van der Waals surface area contributed by atoms with Crippen molar-refractivity contribution in [1.29, 1.82) is 0 Å². The molecule has 2 heterocycles. The topological polar surface area (TPSA) is 110 Å². The fourth-order valence-electron chi connectivity index (χ4n) is 4.21. The number of aromatic nitrogens is 1. The fourth-order valence-corrected chi connectivity index (χ4v) is 4.21. The van der Waals surface area contributed by atoms with E-state index in [1.54, 1.807) is 30.5 Å². The van der Waals surface area contributed by atoms with Crippen molar-refractivity contribution in [3.05, 3.63) is 48.2 Å². The van der Waals surface area contributed by atoms with E-state index in [0.29, 0.717) is 17.3 Å². The summed E-state index contributed by atoms with van der Waals surface area (Å²) in [6.07, 6.45) is 6.91. The van der Waals surface area contributed by atoms with Crippen LogP contribution < -0.4 is 20.1 Å². The minimum Gasteiger partial charge on any atom is -0.454 e. The van der Waals surface area contributed by atoms with E-state index in [-0.39, 0.29) is 56.5 Å². The van der Waals surface area contributed by atoms with Gasteiger partial charge in [-0.1, -0.05) is 31.4 Å². The van der Waals surface area contributed by atoms with Crippen LogP contribution in [0.25, 0.3) is 0 Å². The van der Waals surface area contributed by atoms with Crippen LogP contribution in [0.2, 0.25) is 0 Å². The normalized spacial score (nSPS) is 14.9. The van der Waals surface area contributed by atoms with E-state index in [1.165, 1.54) is 11.3 Å². The molecule has 4 rings (SSSR count). The molecule has 2 aliphatic rings. The number of hydrogen-bond donors (Lipinski definition) is 2. The molecule has 0 bridgehead atoms. The first-order chi connectivity index (χ1) is 16.6. The lowest BCUT2D eigenvalue weighted by Crippen LogP contribution is -2.44. The van der Waals surface area contributed by atoms with Gasteiger partial charge in [0.05, 0.1) is 6.54 Å². The highest BCUT2D eigenvalue weighted by molar-refractivity contribution is 5.93. The van der Waals surface area contributed by atoms with Crippen molar-refractivity contribution < 1.29 is 23.9 Å². The maximum Gasteiger partial charge on any atom is 0.239 e. The van der Waals surface area contributed by atoms with E-state index >= 15 is 0 Å². The van der Waals surface area contributed by atoms with Gasteiger partial charge in [0.2, 0.25) is 24.5 Å². The van der Waals surface area contributed by atoms with Crippen molar-refractivity contribution in [1.82, 2.24) is 15.2 Å². The summed E-state index contributed by atoms with van der Waals surface area (Å²) in [5.41, 5.74) is 0.820. The molecule has 3 amide bonds. The number of hydrogen-bond acceptors (Lipinski definition) is 6. The van der Waals surface area contributed by atoms with E-state index in [1.807, 2.05) is 12.1 Å². The number of carbonyl (C=O) groups is 3. The van der Waals surface area contributed by atoms with Crippen LogP contribution in [0.5, 0.6) is 11.5 Å². The molecule has 9 nitrogen and oxygen atoms in total. The molecule has 9 heteroatoms. The van der Waals surface area contributed by atoms with Crippen molar-refractivity contribution in [2.45, 2.75) is 57.5 Å². The van der Waals surface area contributed by atoms with Gasteiger partial charge in [0.15, 0.2) is 11.5 Å². The maximum absolute atomic E-state index is 13.1. The van der Waals surface area contributed by atoms with Crippen LogP contribution in [-0.4, -0.2) is 47.0 Å². The maximum atomic E-state index is 13.1. The molecule has 1 aromatic carbocycles. The molecule has 1 fully saturated rings. The highest BCUT2D eigenvalue weighted by Crippen LogP contribution is 2.32. The second-order valence-corrected chi connectivity index (χ2v) is 8.60. The number of nitrogens with one attached hydrogen (secondary N) is 2. The molecule has 0 radical (unpaired) electrons. The second kappa shape index (κ2) is 11.5. The lowest BCUT2D eigenvalue weighted by Gasteiger charge is -2.26. The number of amides is 3. The molecular formula is C25H30N4O5. The minimum atomic E-state index is -0.304. The molecule has 0 spiro atoms. The third-order valence-corrected chi connectivity index (χ3v) is 5.97. The van der Waals surface area contributed by atoms with Gasteiger partial charge in [-0.3, -0.25) is 14.4 Å². The third kappa shape index (κ3) is 6.69. The van der Waals surface area contributed by atoms with Gasteiger partial charge in [-0.2, -0.15) is 0 Å². The first-order valence-electron chi connectivity index (χ1n) is 11.7. The summed E-state index contributed by atoms with van der Waals surface area (Å²) >= 11 is 0. The molecule has 1 aromatic heterocycles. The molecule has 34 heavy (non-hydrogen) atoms. The highest BCUT2D eigenvalue weighted by atomic mass is 16.7. The van der Waals surface area contributed by atoms with Crippen LogP contribution >= 0.6 is 0 Å². The number of ether oxygens (including phenoxy) is 2. The van der Waals surface area contributed by atoms with E-state index < -0.39 is 0 Å². The average Bonchev–Trinajstić information content (AvgIpc) is 3.31. The Morgan fingerprint density at radius 2 is 1.79 bits per heavy atom. The van der Waals surface area contributed by atoms with Crippen molar-refractivity contribution in [2.75, 3.05) is 18.7 Å². The Morgan fingerprint density at radius 1 is 0.971 bits per heavy atom. The Kier molecular flexibility index (Phi) is 7.95. The number of pyridine rings is 1. The molecule has 2 N–H and O–H groups in total. The molecule has 2 aromatic rings. The Hall–Kier alpha value is -3.62. The Balaban J connectivity index is 1.37. The van der Waals surface area contributed by atoms with E-state index in [2.05, 4.69) is 15.6 Å². The largest absolute Gasteiger partial charge is 0.454 e. The summed E-state index contributed by atoms with van der Waals surface area (Å²) in [6, 6.07) is 10.8. The summed E-state index contributed by atoms with van der Waals surface area (Å²) in [7, 11) is 0. The van der Waals surface area contributed by atoms with Gasteiger partial charge in [-0.15, -0.1) is 0 Å². The second-order valence-electron chi connectivity index (χ2n) is 8.60. The van der Waals surface area contributed by atoms with Crippen LogP contribution in [0.1, 0.15) is 50.5 Å². The molecule has 0 saturated heterocycles. The summed E-state index contributed by atoms with van der Waals surface area (Å²) in [5, 5.41) is 5.74. The van der Waals surface area contributed by atoms with Crippen molar-refractivity contribution in [2.24, 2.45) is 0 Å². The van der Waals surface area contributed by atoms with Crippen LogP contribution in [-0.2, 0) is 20.9 Å². The van der Waals surface area contributed by atoms with Gasteiger partial charge < -0.3 is 25.0 Å². The van der Waals surface area contributed by atoms with E-state index in [4.69, 9.17) is 9.47 Å². The number of benzene rings is 1. The molecule has 180 valence electrons. The van der Waals surface area contributed by atoms with Crippen molar-refractivity contribution in [3.8, 4) is 11.5 Å². The summed E-state index contributed by atoms with van der Waals surface area (Å²) < 4.78 is 10.8. The van der Waals surface area contributed by atoms with Crippen LogP contribution in [0.3, 0.4) is 0 Å². The lowest BCUT2D eigenvalue weighted by atomic mass is 9.95. The van der Waals surface area contributed by atoms with Gasteiger partial charge in [0, 0.05) is 31.6 Å².